The van der Waals surface area contributed by atoms with Crippen LogP contribution in [0, 0.1) is 5.82 Å². The van der Waals surface area contributed by atoms with Crippen molar-refractivity contribution in [2.75, 3.05) is 0 Å². The zero-order valence-electron chi connectivity index (χ0n) is 17.0. The second-order valence-electron chi connectivity index (χ2n) is 8.48. The van der Waals surface area contributed by atoms with Crippen LogP contribution < -0.4 is 0 Å². The molecule has 29 heavy (non-hydrogen) atoms. The van der Waals surface area contributed by atoms with E-state index in [1.165, 1.54) is 16.7 Å². The molecule has 0 radical (unpaired) electrons. The van der Waals surface area contributed by atoms with Crippen LogP contribution in [0.3, 0.4) is 0 Å². The van der Waals surface area contributed by atoms with Crippen LogP contribution in [-0.2, 0) is 6.42 Å². The van der Waals surface area contributed by atoms with Crippen LogP contribution in [0.4, 0.5) is 4.39 Å². The third-order valence-corrected chi connectivity index (χ3v) is 6.81. The van der Waals surface area contributed by atoms with Crippen molar-refractivity contribution < 1.29 is 4.39 Å². The monoisotopic (exact) mass is 406 g/mol. The molecule has 3 aromatic rings. The Kier molecular flexibility index (Phi) is 6.35. The van der Waals surface area contributed by atoms with Crippen molar-refractivity contribution in [1.29, 1.82) is 0 Å². The van der Waals surface area contributed by atoms with Crippen LogP contribution in [0.2, 0.25) is 5.02 Å². The molecule has 150 valence electrons. The van der Waals surface area contributed by atoms with Gasteiger partial charge in [-0.3, -0.25) is 0 Å². The SMILES string of the molecule is CC(Cc1ccc(C2CCC(c3ccc(Cl)c(F)c3)CC2)cc1)c1ccccc1. The standard InChI is InChI=1S/C27H28ClF/c1-19(21-5-3-2-4-6-21)17-20-7-9-22(10-8-20)23-11-13-24(14-12-23)25-15-16-26(28)27(29)18-25/h2-10,15-16,18-19,23-24H,11-14,17H2,1H3. The van der Waals surface area contributed by atoms with Crippen LogP contribution in [0.1, 0.15) is 72.6 Å². The summed E-state index contributed by atoms with van der Waals surface area (Å²) in [6.07, 6.45) is 5.61. The van der Waals surface area contributed by atoms with E-state index < -0.39 is 0 Å². The zero-order chi connectivity index (χ0) is 20.2. The first-order chi connectivity index (χ1) is 14.1. The minimum Gasteiger partial charge on any atom is -0.205 e. The van der Waals surface area contributed by atoms with Crippen molar-refractivity contribution in [2.24, 2.45) is 0 Å². The van der Waals surface area contributed by atoms with Crippen LogP contribution >= 0.6 is 11.6 Å². The number of benzene rings is 3. The predicted molar refractivity (Wildman–Crippen MR) is 120 cm³/mol. The molecule has 1 unspecified atom stereocenters. The average Bonchev–Trinajstić information content (AvgIpc) is 2.77. The molecule has 2 heteroatoms. The zero-order valence-corrected chi connectivity index (χ0v) is 17.7. The third-order valence-electron chi connectivity index (χ3n) is 6.50. The minimum atomic E-state index is -0.299. The van der Waals surface area contributed by atoms with E-state index in [1.807, 2.05) is 6.07 Å². The molecule has 0 N–H and O–H groups in total. The van der Waals surface area contributed by atoms with Crippen molar-refractivity contribution >= 4 is 11.6 Å². The lowest BCUT2D eigenvalue weighted by Gasteiger charge is -2.29. The molecule has 0 amide bonds. The van der Waals surface area contributed by atoms with E-state index in [0.717, 1.165) is 37.7 Å². The molecule has 3 aromatic carbocycles. The van der Waals surface area contributed by atoms with Gasteiger partial charge in [0.05, 0.1) is 5.02 Å². The smallest absolute Gasteiger partial charge is 0.142 e. The molecule has 1 atom stereocenters. The van der Waals surface area contributed by atoms with E-state index in [4.69, 9.17) is 11.6 Å². The Morgan fingerprint density at radius 2 is 1.41 bits per heavy atom. The van der Waals surface area contributed by atoms with Crippen LogP contribution in [0.25, 0.3) is 0 Å². The first kappa shape index (κ1) is 20.2. The molecule has 1 fully saturated rings. The summed E-state index contributed by atoms with van der Waals surface area (Å²) >= 11 is 5.83. The highest BCUT2D eigenvalue weighted by atomic mass is 35.5. The normalized spacial score (nSPS) is 20.4. The highest BCUT2D eigenvalue weighted by molar-refractivity contribution is 6.30. The fraction of sp³-hybridized carbons (Fsp3) is 0.333. The average molecular weight is 407 g/mol. The van der Waals surface area contributed by atoms with Crippen LogP contribution in [-0.4, -0.2) is 0 Å². The van der Waals surface area contributed by atoms with Gasteiger partial charge in [0.25, 0.3) is 0 Å². The largest absolute Gasteiger partial charge is 0.205 e. The lowest BCUT2D eigenvalue weighted by atomic mass is 9.76. The van der Waals surface area contributed by atoms with E-state index in [0.29, 0.717) is 17.8 Å². The predicted octanol–water partition coefficient (Wildman–Crippen LogP) is 8.27. The summed E-state index contributed by atoms with van der Waals surface area (Å²) in [6, 6.07) is 25.3. The quantitative estimate of drug-likeness (QED) is 0.400. The summed E-state index contributed by atoms with van der Waals surface area (Å²) in [7, 11) is 0. The molecule has 0 bridgehead atoms. The van der Waals surface area contributed by atoms with Gasteiger partial charge in [0.15, 0.2) is 0 Å². The highest BCUT2D eigenvalue weighted by Gasteiger charge is 2.24. The lowest BCUT2D eigenvalue weighted by Crippen LogP contribution is -2.12. The van der Waals surface area contributed by atoms with Gasteiger partial charge < -0.3 is 0 Å². The molecule has 1 saturated carbocycles. The van der Waals surface area contributed by atoms with E-state index in [-0.39, 0.29) is 10.8 Å². The lowest BCUT2D eigenvalue weighted by molar-refractivity contribution is 0.395. The van der Waals surface area contributed by atoms with E-state index >= 15 is 0 Å². The summed E-state index contributed by atoms with van der Waals surface area (Å²) in [4.78, 5) is 0. The number of hydrogen-bond acceptors (Lipinski definition) is 0. The molecule has 0 aliphatic heterocycles. The van der Waals surface area contributed by atoms with Crippen LogP contribution in [0.5, 0.6) is 0 Å². The Morgan fingerprint density at radius 1 is 0.828 bits per heavy atom. The summed E-state index contributed by atoms with van der Waals surface area (Å²) in [5.41, 5.74) is 5.33. The molecular weight excluding hydrogens is 379 g/mol. The molecule has 1 aliphatic rings. The number of hydrogen-bond donors (Lipinski definition) is 0. The fourth-order valence-electron chi connectivity index (χ4n) is 4.71. The van der Waals surface area contributed by atoms with Gasteiger partial charge in [-0.15, -0.1) is 0 Å². The first-order valence-electron chi connectivity index (χ1n) is 10.7. The summed E-state index contributed by atoms with van der Waals surface area (Å²) < 4.78 is 13.8. The maximum Gasteiger partial charge on any atom is 0.142 e. The molecule has 0 nitrogen and oxygen atoms in total. The molecule has 1 aliphatic carbocycles. The Hall–Kier alpha value is -2.12. The number of rotatable bonds is 5. The second-order valence-corrected chi connectivity index (χ2v) is 8.89. The van der Waals surface area contributed by atoms with Gasteiger partial charge in [0, 0.05) is 0 Å². The van der Waals surface area contributed by atoms with Crippen molar-refractivity contribution in [1.82, 2.24) is 0 Å². The summed E-state index contributed by atoms with van der Waals surface area (Å²) in [5.74, 6) is 1.29. The van der Waals surface area contributed by atoms with Gasteiger partial charge in [-0.2, -0.15) is 0 Å². The van der Waals surface area contributed by atoms with Gasteiger partial charge in [0.1, 0.15) is 5.82 Å². The first-order valence-corrected chi connectivity index (χ1v) is 11.1. The minimum absolute atomic E-state index is 0.212. The maximum absolute atomic E-state index is 13.8. The van der Waals surface area contributed by atoms with E-state index in [1.54, 1.807) is 12.1 Å². The van der Waals surface area contributed by atoms with Crippen molar-refractivity contribution in [3.63, 3.8) is 0 Å². The van der Waals surface area contributed by atoms with Crippen LogP contribution in [0.15, 0.2) is 72.8 Å². The Morgan fingerprint density at radius 3 is 2.03 bits per heavy atom. The fourth-order valence-corrected chi connectivity index (χ4v) is 4.82. The van der Waals surface area contributed by atoms with Crippen molar-refractivity contribution in [3.8, 4) is 0 Å². The van der Waals surface area contributed by atoms with Crippen molar-refractivity contribution in [2.45, 2.75) is 56.8 Å². The molecule has 0 saturated heterocycles. The highest BCUT2D eigenvalue weighted by Crippen LogP contribution is 2.41. The second kappa shape index (κ2) is 9.13. The maximum atomic E-state index is 13.8. The topological polar surface area (TPSA) is 0 Å². The number of halogens is 2. The van der Waals surface area contributed by atoms with Gasteiger partial charge in [-0.05, 0) is 84.2 Å². The Balaban J connectivity index is 1.35. The molecule has 0 spiro atoms. The van der Waals surface area contributed by atoms with E-state index in [2.05, 4.69) is 61.5 Å². The van der Waals surface area contributed by atoms with E-state index in [9.17, 15) is 4.39 Å². The molecular formula is C27H28ClF. The van der Waals surface area contributed by atoms with Crippen molar-refractivity contribution in [3.05, 3.63) is 106 Å². The Labute approximate surface area is 178 Å². The van der Waals surface area contributed by atoms with Gasteiger partial charge in [-0.1, -0.05) is 79.2 Å². The Bertz CT molecular complexity index is 925. The molecule has 0 aromatic heterocycles. The summed E-state index contributed by atoms with van der Waals surface area (Å²) in [6.45, 7) is 2.30. The summed E-state index contributed by atoms with van der Waals surface area (Å²) in [5, 5.41) is 0.212. The van der Waals surface area contributed by atoms with Gasteiger partial charge in [-0.25, -0.2) is 4.39 Å². The van der Waals surface area contributed by atoms with Gasteiger partial charge >= 0.3 is 0 Å². The third kappa shape index (κ3) is 4.90. The molecule has 0 heterocycles. The van der Waals surface area contributed by atoms with Gasteiger partial charge in [0.2, 0.25) is 0 Å². The molecule has 4 rings (SSSR count).